The van der Waals surface area contributed by atoms with Crippen LogP contribution >= 0.6 is 0 Å². The lowest BCUT2D eigenvalue weighted by Gasteiger charge is -2.17. The van der Waals surface area contributed by atoms with Gasteiger partial charge >= 0.3 is 0 Å². The van der Waals surface area contributed by atoms with Crippen molar-refractivity contribution in [2.75, 3.05) is 26.0 Å². The lowest BCUT2D eigenvalue weighted by Crippen LogP contribution is -2.19. The van der Waals surface area contributed by atoms with Gasteiger partial charge in [0.05, 0.1) is 14.2 Å². The van der Waals surface area contributed by atoms with Gasteiger partial charge in [-0.15, -0.1) is 0 Å². The predicted molar refractivity (Wildman–Crippen MR) is 148 cm³/mol. The summed E-state index contributed by atoms with van der Waals surface area (Å²) in [5.41, 5.74) is 1.91. The maximum atomic E-state index is 13.4. The summed E-state index contributed by atoms with van der Waals surface area (Å²) in [6.45, 7) is 5.62. The number of anilines is 1. The highest BCUT2D eigenvalue weighted by Gasteiger charge is 2.26. The van der Waals surface area contributed by atoms with E-state index in [1.165, 1.54) is 45.8 Å². The first-order chi connectivity index (χ1) is 19.2. The average molecular weight is 563 g/mol. The number of allylic oxidation sites excluding steroid dienone is 1. The number of carbonyl (C=O) groups excluding carboxylic acids is 1. The normalized spacial score (nSPS) is 10.9. The maximum absolute atomic E-state index is 13.4. The molecule has 12 nitrogen and oxygen atoms in total. The highest BCUT2D eigenvalue weighted by atomic mass is 32.2. The third kappa shape index (κ3) is 5.99. The van der Waals surface area contributed by atoms with Gasteiger partial charge in [0, 0.05) is 25.0 Å². The quantitative estimate of drug-likeness (QED) is 0.290. The number of carbonyl (C=O) groups is 1. The molecule has 4 rings (SSSR count). The summed E-state index contributed by atoms with van der Waals surface area (Å²) in [4.78, 5) is 29.1. The topological polar surface area (TPSA) is 155 Å². The van der Waals surface area contributed by atoms with Crippen LogP contribution in [0.1, 0.15) is 23.0 Å². The van der Waals surface area contributed by atoms with Crippen molar-refractivity contribution in [3.8, 4) is 34.5 Å². The zero-order chi connectivity index (χ0) is 28.9. The Morgan fingerprint density at radius 3 is 2.35 bits per heavy atom. The molecular weight excluding hydrogens is 536 g/mol. The van der Waals surface area contributed by atoms with Crippen LogP contribution in [0.5, 0.6) is 23.1 Å². The molecule has 206 valence electrons. The van der Waals surface area contributed by atoms with Gasteiger partial charge in [-0.1, -0.05) is 24.8 Å². The first-order valence-electron chi connectivity index (χ1n) is 11.8. The highest BCUT2D eigenvalue weighted by Crippen LogP contribution is 2.41. The third-order valence-corrected chi connectivity index (χ3v) is 6.78. The van der Waals surface area contributed by atoms with Gasteiger partial charge in [-0.3, -0.25) is 14.5 Å². The number of pyridine rings is 2. The fraction of sp³-hybridized carbons (Fsp3) is 0.148. The van der Waals surface area contributed by atoms with Crippen molar-refractivity contribution in [1.29, 1.82) is 0 Å². The Balaban J connectivity index is 1.87. The minimum Gasteiger partial charge on any atom is -0.493 e. The zero-order valence-corrected chi connectivity index (χ0v) is 22.9. The van der Waals surface area contributed by atoms with Crippen molar-refractivity contribution >= 4 is 27.3 Å². The second-order valence-electron chi connectivity index (χ2n) is 8.27. The van der Waals surface area contributed by atoms with Crippen molar-refractivity contribution in [2.24, 2.45) is 0 Å². The molecule has 1 amide bonds. The van der Waals surface area contributed by atoms with E-state index in [9.17, 15) is 13.2 Å². The zero-order valence-electron chi connectivity index (χ0n) is 22.1. The molecule has 2 N–H and O–H groups in total. The number of para-hydroxylation sites is 2. The van der Waals surface area contributed by atoms with Crippen LogP contribution in [0.2, 0.25) is 0 Å². The van der Waals surface area contributed by atoms with Crippen molar-refractivity contribution in [3.63, 3.8) is 0 Å². The standard InChI is InChI=1S/C27H26N6O6S/c1-16(2)18-10-11-22(30-15-18)40(35,36)33-25-23(39-21-9-7-6-8-20(21)37-4)27(38-5)32-24(31-25)17-12-13-29-19(14-17)26(34)28-3/h6-15H,1H2,2-5H3,(H,28,34)(H,31,32,33). The molecule has 1 aromatic carbocycles. The smallest absolute Gasteiger partial charge is 0.280 e. The number of hydrogen-bond acceptors (Lipinski definition) is 10. The molecule has 4 aromatic rings. The monoisotopic (exact) mass is 562 g/mol. The molecular formula is C27H26N6O6S. The Labute approximate surface area is 231 Å². The van der Waals surface area contributed by atoms with Crippen molar-refractivity contribution in [1.82, 2.24) is 25.3 Å². The molecule has 40 heavy (non-hydrogen) atoms. The van der Waals surface area contributed by atoms with Gasteiger partial charge in [0.15, 0.2) is 28.2 Å². The fourth-order valence-corrected chi connectivity index (χ4v) is 4.40. The number of sulfonamides is 1. The molecule has 0 unspecified atom stereocenters. The number of ether oxygens (including phenoxy) is 3. The van der Waals surface area contributed by atoms with E-state index in [2.05, 4.69) is 36.6 Å². The molecule has 13 heteroatoms. The molecule has 0 spiro atoms. The maximum Gasteiger partial charge on any atom is 0.280 e. The van der Waals surface area contributed by atoms with Crippen molar-refractivity contribution in [2.45, 2.75) is 11.9 Å². The van der Waals surface area contributed by atoms with Crippen LogP contribution in [0.4, 0.5) is 5.82 Å². The molecule has 0 aliphatic heterocycles. The first kappa shape index (κ1) is 28.0. The summed E-state index contributed by atoms with van der Waals surface area (Å²) in [5.74, 6) is -0.193. The van der Waals surface area contributed by atoms with Crippen LogP contribution in [0.15, 0.2) is 72.5 Å². The summed E-state index contributed by atoms with van der Waals surface area (Å²) in [5, 5.41) is 2.24. The second-order valence-corrected chi connectivity index (χ2v) is 9.90. The van der Waals surface area contributed by atoms with E-state index in [0.717, 1.165) is 5.57 Å². The summed E-state index contributed by atoms with van der Waals surface area (Å²) in [7, 11) is 0.0319. The number of nitrogens with zero attached hydrogens (tertiary/aromatic N) is 4. The minimum absolute atomic E-state index is 0.0417. The number of amides is 1. The van der Waals surface area contributed by atoms with Crippen LogP contribution in [-0.4, -0.2) is 55.5 Å². The fourth-order valence-electron chi connectivity index (χ4n) is 3.46. The number of benzene rings is 1. The summed E-state index contributed by atoms with van der Waals surface area (Å²) in [6, 6.07) is 12.7. The van der Waals surface area contributed by atoms with Crippen molar-refractivity contribution < 1.29 is 27.4 Å². The van der Waals surface area contributed by atoms with E-state index in [-0.39, 0.29) is 39.7 Å². The number of hydrogen-bond donors (Lipinski definition) is 2. The average Bonchev–Trinajstić information content (AvgIpc) is 2.97. The van der Waals surface area contributed by atoms with Gasteiger partial charge < -0.3 is 19.5 Å². The van der Waals surface area contributed by atoms with Crippen molar-refractivity contribution in [3.05, 3.63) is 78.8 Å². The molecule has 3 heterocycles. The van der Waals surface area contributed by atoms with Crippen LogP contribution < -0.4 is 24.2 Å². The van der Waals surface area contributed by atoms with Crippen LogP contribution in [-0.2, 0) is 10.0 Å². The highest BCUT2D eigenvalue weighted by molar-refractivity contribution is 7.92. The van der Waals surface area contributed by atoms with E-state index < -0.39 is 15.9 Å². The molecule has 0 saturated carbocycles. The molecule has 0 atom stereocenters. The lowest BCUT2D eigenvalue weighted by molar-refractivity contribution is 0.0958. The van der Waals surface area contributed by atoms with E-state index in [1.807, 2.05) is 0 Å². The minimum atomic E-state index is -4.26. The van der Waals surface area contributed by atoms with Gasteiger partial charge in [-0.25, -0.2) is 9.97 Å². The molecule has 0 saturated heterocycles. The first-order valence-corrected chi connectivity index (χ1v) is 13.2. The Hall–Kier alpha value is -5.04. The predicted octanol–water partition coefficient (Wildman–Crippen LogP) is 3.94. The molecule has 0 aliphatic carbocycles. The van der Waals surface area contributed by atoms with Gasteiger partial charge in [-0.05, 0) is 48.4 Å². The second kappa shape index (κ2) is 11.8. The largest absolute Gasteiger partial charge is 0.493 e. The Morgan fingerprint density at radius 2 is 1.73 bits per heavy atom. The summed E-state index contributed by atoms with van der Waals surface area (Å²) < 4.78 is 46.1. The summed E-state index contributed by atoms with van der Waals surface area (Å²) >= 11 is 0. The molecule has 0 fully saturated rings. The molecule has 3 aromatic heterocycles. The third-order valence-electron chi connectivity index (χ3n) is 5.52. The number of methoxy groups -OCH3 is 2. The Bertz CT molecular complexity index is 1680. The van der Waals surface area contributed by atoms with Crippen LogP contribution in [0, 0.1) is 0 Å². The van der Waals surface area contributed by atoms with Gasteiger partial charge in [-0.2, -0.15) is 13.4 Å². The molecule has 0 aliphatic rings. The Kier molecular flexibility index (Phi) is 8.24. The van der Waals surface area contributed by atoms with Gasteiger partial charge in [0.25, 0.3) is 21.8 Å². The molecule has 0 bridgehead atoms. The van der Waals surface area contributed by atoms with E-state index in [4.69, 9.17) is 14.2 Å². The van der Waals surface area contributed by atoms with E-state index in [0.29, 0.717) is 16.9 Å². The Morgan fingerprint density at radius 1 is 0.975 bits per heavy atom. The van der Waals surface area contributed by atoms with Gasteiger partial charge in [0.2, 0.25) is 5.75 Å². The number of rotatable bonds is 10. The van der Waals surface area contributed by atoms with Gasteiger partial charge in [0.1, 0.15) is 5.69 Å². The number of aromatic nitrogens is 4. The van der Waals surface area contributed by atoms with E-state index >= 15 is 0 Å². The number of nitrogens with one attached hydrogen (secondary N) is 2. The summed E-state index contributed by atoms with van der Waals surface area (Å²) in [6.07, 6.45) is 2.82. The van der Waals surface area contributed by atoms with Crippen LogP contribution in [0.25, 0.3) is 17.0 Å². The molecule has 0 radical (unpaired) electrons. The van der Waals surface area contributed by atoms with E-state index in [1.54, 1.807) is 43.3 Å². The lowest BCUT2D eigenvalue weighted by atomic mass is 10.2. The van der Waals surface area contributed by atoms with Crippen LogP contribution in [0.3, 0.4) is 0 Å². The SMILES string of the molecule is C=C(C)c1ccc(S(=O)(=O)Nc2nc(-c3ccnc(C(=O)NC)c3)nc(OC)c2Oc2ccccc2OC)nc1.